The van der Waals surface area contributed by atoms with Gasteiger partial charge in [0.25, 0.3) is 0 Å². The lowest BCUT2D eigenvalue weighted by Gasteiger charge is -2.32. The van der Waals surface area contributed by atoms with Crippen molar-refractivity contribution in [1.82, 2.24) is 19.7 Å². The number of hydrogen-bond acceptors (Lipinski definition) is 4. The molecule has 1 N–H and O–H groups in total. The molecular weight excluding hydrogens is 474 g/mol. The third-order valence-electron chi connectivity index (χ3n) is 6.94. The molecule has 1 aromatic heterocycles. The predicted molar refractivity (Wildman–Crippen MR) is 137 cm³/mol. The zero-order chi connectivity index (χ0) is 25.8. The van der Waals surface area contributed by atoms with Crippen LogP contribution in [-0.2, 0) is 17.8 Å². The van der Waals surface area contributed by atoms with Crippen LogP contribution in [0.25, 0.3) is 22.8 Å². The maximum absolute atomic E-state index is 13.5. The van der Waals surface area contributed by atoms with Crippen molar-refractivity contribution in [1.29, 1.82) is 0 Å². The molecule has 0 aliphatic carbocycles. The zero-order valence-corrected chi connectivity index (χ0v) is 20.4. The van der Waals surface area contributed by atoms with Gasteiger partial charge in [0.05, 0.1) is 0 Å². The van der Waals surface area contributed by atoms with Crippen molar-refractivity contribution in [3.63, 3.8) is 0 Å². The van der Waals surface area contributed by atoms with Gasteiger partial charge in [-0.15, -0.1) is 5.10 Å². The Morgan fingerprint density at radius 3 is 2.16 bits per heavy atom. The van der Waals surface area contributed by atoms with Crippen molar-refractivity contribution in [2.24, 2.45) is 5.92 Å². The molecule has 0 atom stereocenters. The first-order valence-corrected chi connectivity index (χ1v) is 12.5. The van der Waals surface area contributed by atoms with E-state index in [1.165, 1.54) is 24.3 Å². The van der Waals surface area contributed by atoms with E-state index in [1.54, 1.807) is 35.0 Å². The van der Waals surface area contributed by atoms with E-state index in [1.807, 2.05) is 23.1 Å². The van der Waals surface area contributed by atoms with Crippen LogP contribution in [0.3, 0.4) is 0 Å². The van der Waals surface area contributed by atoms with Crippen LogP contribution < -0.4 is 0 Å². The highest BCUT2D eigenvalue weighted by Crippen LogP contribution is 2.27. The van der Waals surface area contributed by atoms with Gasteiger partial charge in [0, 0.05) is 24.2 Å². The molecule has 0 saturated carbocycles. The van der Waals surface area contributed by atoms with Crippen molar-refractivity contribution in [2.45, 2.75) is 32.2 Å². The Morgan fingerprint density at radius 2 is 1.51 bits per heavy atom. The Balaban J connectivity index is 1.26. The first-order chi connectivity index (χ1) is 18.0. The van der Waals surface area contributed by atoms with Crippen LogP contribution in [0.5, 0.6) is 5.75 Å². The number of benzene rings is 3. The molecular formula is C29H28F2N4O2. The first kappa shape index (κ1) is 24.6. The number of hydrogen-bond donors (Lipinski definition) is 1. The minimum absolute atomic E-state index is 0.00343. The summed E-state index contributed by atoms with van der Waals surface area (Å²) >= 11 is 0. The fraction of sp³-hybridized carbons (Fsp3) is 0.276. The molecule has 0 unspecified atom stereocenters. The number of phenols is 1. The van der Waals surface area contributed by atoms with Gasteiger partial charge in [0.15, 0.2) is 11.6 Å². The topological polar surface area (TPSA) is 71.2 Å². The van der Waals surface area contributed by atoms with Crippen LogP contribution in [0, 0.1) is 17.6 Å². The lowest BCUT2D eigenvalue weighted by Crippen LogP contribution is -2.40. The SMILES string of the molecule is O=C(Cn1nc(-c2ccc(F)cc2)nc1-c1ccc(F)cc1)N1CCC(CCc2ccccc2O)CC1. The number of piperidine rings is 1. The molecule has 0 spiro atoms. The Labute approximate surface area is 214 Å². The lowest BCUT2D eigenvalue weighted by atomic mass is 9.90. The van der Waals surface area contributed by atoms with Crippen LogP contribution in [0.1, 0.15) is 24.8 Å². The van der Waals surface area contributed by atoms with Gasteiger partial charge in [-0.1, -0.05) is 18.2 Å². The zero-order valence-electron chi connectivity index (χ0n) is 20.4. The summed E-state index contributed by atoms with van der Waals surface area (Å²) in [7, 11) is 0. The quantitative estimate of drug-likeness (QED) is 0.364. The van der Waals surface area contributed by atoms with E-state index in [0.29, 0.717) is 47.5 Å². The fourth-order valence-electron chi connectivity index (χ4n) is 4.77. The molecule has 37 heavy (non-hydrogen) atoms. The normalized spacial score (nSPS) is 14.2. The number of phenolic OH excluding ortho intramolecular Hbond substituents is 1. The maximum Gasteiger partial charge on any atom is 0.244 e. The smallest absolute Gasteiger partial charge is 0.244 e. The number of amides is 1. The highest BCUT2D eigenvalue weighted by molar-refractivity contribution is 5.77. The second kappa shape index (κ2) is 10.9. The molecule has 190 valence electrons. The number of aromatic hydroxyl groups is 1. The van der Waals surface area contributed by atoms with Crippen molar-refractivity contribution in [3.05, 3.63) is 90.0 Å². The third-order valence-corrected chi connectivity index (χ3v) is 6.94. The number of halogens is 2. The van der Waals surface area contributed by atoms with E-state index in [4.69, 9.17) is 0 Å². The van der Waals surface area contributed by atoms with Crippen LogP contribution >= 0.6 is 0 Å². The average Bonchev–Trinajstić information content (AvgIpc) is 3.33. The molecule has 4 aromatic rings. The van der Waals surface area contributed by atoms with Gasteiger partial charge >= 0.3 is 0 Å². The number of aromatic nitrogens is 3. The molecule has 1 fully saturated rings. The molecule has 1 saturated heterocycles. The van der Waals surface area contributed by atoms with Crippen molar-refractivity contribution >= 4 is 5.91 Å². The summed E-state index contributed by atoms with van der Waals surface area (Å²) < 4.78 is 28.5. The van der Waals surface area contributed by atoms with Gasteiger partial charge in [-0.05, 0) is 91.8 Å². The van der Waals surface area contributed by atoms with E-state index < -0.39 is 0 Å². The monoisotopic (exact) mass is 502 g/mol. The predicted octanol–water partition coefficient (Wildman–Crippen LogP) is 5.47. The minimum Gasteiger partial charge on any atom is -0.508 e. The standard InChI is InChI=1S/C29H28F2N4O2/c30-24-11-7-22(8-12-24)28-32-29(23-9-13-25(31)14-10-23)35(33-28)19-27(37)34-17-15-20(16-18-34)5-6-21-3-1-2-4-26(21)36/h1-4,7-14,20,36H,5-6,15-19H2. The van der Waals surface area contributed by atoms with Gasteiger partial charge in [-0.2, -0.15) is 0 Å². The average molecular weight is 503 g/mol. The number of rotatable bonds is 7. The van der Waals surface area contributed by atoms with Crippen molar-refractivity contribution in [2.75, 3.05) is 13.1 Å². The Kier molecular flexibility index (Phi) is 7.25. The summed E-state index contributed by atoms with van der Waals surface area (Å²) in [6, 6.07) is 19.1. The number of nitrogens with zero attached hydrogens (tertiary/aromatic N) is 4. The second-order valence-corrected chi connectivity index (χ2v) is 9.42. The lowest BCUT2D eigenvalue weighted by molar-refractivity contribution is -0.133. The molecule has 8 heteroatoms. The van der Waals surface area contributed by atoms with Crippen LogP contribution in [0.2, 0.25) is 0 Å². The summed E-state index contributed by atoms with van der Waals surface area (Å²) in [5, 5.41) is 14.5. The van der Waals surface area contributed by atoms with Gasteiger partial charge < -0.3 is 10.0 Å². The van der Waals surface area contributed by atoms with E-state index >= 15 is 0 Å². The Morgan fingerprint density at radius 1 is 0.892 bits per heavy atom. The van der Waals surface area contributed by atoms with Crippen molar-refractivity contribution in [3.8, 4) is 28.5 Å². The second-order valence-electron chi connectivity index (χ2n) is 9.42. The van der Waals surface area contributed by atoms with Gasteiger partial charge in [-0.25, -0.2) is 18.4 Å². The van der Waals surface area contributed by atoms with Gasteiger partial charge in [0.2, 0.25) is 5.91 Å². The number of para-hydroxylation sites is 1. The van der Waals surface area contributed by atoms with Gasteiger partial charge in [-0.3, -0.25) is 4.79 Å². The number of carbonyl (C=O) groups excluding carboxylic acids is 1. The highest BCUT2D eigenvalue weighted by atomic mass is 19.1. The first-order valence-electron chi connectivity index (χ1n) is 12.5. The number of carbonyl (C=O) groups is 1. The van der Waals surface area contributed by atoms with Crippen molar-refractivity contribution < 1.29 is 18.7 Å². The summed E-state index contributed by atoms with van der Waals surface area (Å²) in [4.78, 5) is 19.7. The largest absolute Gasteiger partial charge is 0.508 e. The molecule has 6 nitrogen and oxygen atoms in total. The van der Waals surface area contributed by atoms with Crippen LogP contribution in [0.4, 0.5) is 8.78 Å². The summed E-state index contributed by atoms with van der Waals surface area (Å²) in [6.45, 7) is 1.33. The molecule has 1 amide bonds. The Bertz CT molecular complexity index is 1360. The number of likely N-dealkylation sites (tertiary alicyclic amines) is 1. The Hall–Kier alpha value is -4.07. The number of aryl methyl sites for hydroxylation is 1. The fourth-order valence-corrected chi connectivity index (χ4v) is 4.77. The summed E-state index contributed by atoms with van der Waals surface area (Å²) in [5.74, 6) is 0.865. The molecule has 5 rings (SSSR count). The molecule has 2 heterocycles. The molecule has 3 aromatic carbocycles. The van der Waals surface area contributed by atoms with Crippen LogP contribution in [0.15, 0.2) is 72.8 Å². The van der Waals surface area contributed by atoms with E-state index in [-0.39, 0.29) is 24.1 Å². The highest BCUT2D eigenvalue weighted by Gasteiger charge is 2.25. The molecule has 1 aliphatic rings. The van der Waals surface area contributed by atoms with Crippen LogP contribution in [-0.4, -0.2) is 43.8 Å². The maximum atomic E-state index is 13.5. The van der Waals surface area contributed by atoms with E-state index in [9.17, 15) is 18.7 Å². The van der Waals surface area contributed by atoms with Gasteiger partial charge in [0.1, 0.15) is 23.9 Å². The summed E-state index contributed by atoms with van der Waals surface area (Å²) in [5.41, 5.74) is 2.22. The third kappa shape index (κ3) is 5.85. The summed E-state index contributed by atoms with van der Waals surface area (Å²) in [6.07, 6.45) is 3.60. The molecule has 0 radical (unpaired) electrons. The molecule has 0 bridgehead atoms. The van der Waals surface area contributed by atoms with E-state index in [0.717, 1.165) is 31.2 Å². The molecule has 1 aliphatic heterocycles. The van der Waals surface area contributed by atoms with E-state index in [2.05, 4.69) is 10.1 Å². The minimum atomic E-state index is -0.366.